The van der Waals surface area contributed by atoms with E-state index in [2.05, 4.69) is 171 Å². The van der Waals surface area contributed by atoms with Gasteiger partial charge in [0.2, 0.25) is 0 Å². The van der Waals surface area contributed by atoms with Crippen LogP contribution >= 0.6 is 0 Å². The van der Waals surface area contributed by atoms with Crippen molar-refractivity contribution in [1.82, 2.24) is 0 Å². The molecule has 4 aliphatic rings. The zero-order chi connectivity index (χ0) is 45.1. The van der Waals surface area contributed by atoms with E-state index >= 15 is 0 Å². The Morgan fingerprint density at radius 2 is 1.14 bits per heavy atom. The van der Waals surface area contributed by atoms with E-state index in [0.717, 1.165) is 109 Å². The van der Waals surface area contributed by atoms with Gasteiger partial charge in [0.25, 0.3) is 0 Å². The van der Waals surface area contributed by atoms with Crippen LogP contribution in [0.3, 0.4) is 0 Å². The quantitative estimate of drug-likeness (QED) is 0.115. The summed E-state index contributed by atoms with van der Waals surface area (Å²) in [6.45, 7) is 30.5. The Hall–Kier alpha value is -6.51. The molecule has 2 heteroatoms. The Bertz CT molecular complexity index is 2490. The molecule has 3 aliphatic carbocycles. The van der Waals surface area contributed by atoms with Crippen LogP contribution in [0.15, 0.2) is 245 Å². The molecule has 0 amide bonds. The SMILES string of the molecule is C=C/C=C\C(=C/C)C1=CC(C(/C=C\C)=C/C=C)=C2CCCC(/C=C3\CCCC(/C=C4\CCCc5c(C(/C=C\C)=C/C=C)cc(C(/C=C\C=C)=C/C)[o+]c54)=C3C(/C=C\C)=C/C=C)=C2O1. The molecule has 0 saturated carbocycles. The van der Waals surface area contributed by atoms with E-state index in [9.17, 15) is 0 Å². The van der Waals surface area contributed by atoms with Crippen molar-refractivity contribution in [3.8, 4) is 0 Å². The summed E-state index contributed by atoms with van der Waals surface area (Å²) in [5.74, 6) is 3.58. The van der Waals surface area contributed by atoms with Gasteiger partial charge in [0, 0.05) is 16.7 Å². The standard InChI is InChI=1S/C61H67O2/c1-11-21-32-44(19-9)57-42-55(46(26-13-3)27-14-4)53-38-24-36-51(60(53)62-57)40-49-34-23-35-50(59(49)48(30-17-7)31-18-8)41-52-37-25-39-54-56(47(28-15-5)29-16-6)43-58(63-61(52)54)45(20-10)33-22-12-2/h11-22,26-33,40-43H,1-3,5,7,23-25,34-39H2,4,6,8-10H3/q+1/b27-14-,29-16-,31-18-,32-21-,33-22-,44-19+,45-20+,46-26+,47-28+,48-30+. The van der Waals surface area contributed by atoms with Crippen molar-refractivity contribution in [2.24, 2.45) is 0 Å². The first-order chi connectivity index (χ1) is 30.8. The third-order valence-corrected chi connectivity index (χ3v) is 11.6. The molecule has 0 N–H and O–H groups in total. The summed E-state index contributed by atoms with van der Waals surface area (Å²) >= 11 is 0. The first-order valence-corrected chi connectivity index (χ1v) is 22.6. The third kappa shape index (κ3) is 11.5. The minimum absolute atomic E-state index is 0.827. The highest BCUT2D eigenvalue weighted by Gasteiger charge is 2.33. The van der Waals surface area contributed by atoms with Gasteiger partial charge in [0.1, 0.15) is 11.5 Å². The van der Waals surface area contributed by atoms with E-state index in [1.165, 1.54) is 50.1 Å². The number of rotatable bonds is 17. The molecule has 1 aromatic rings. The van der Waals surface area contributed by atoms with E-state index in [1.54, 1.807) is 12.2 Å². The van der Waals surface area contributed by atoms with Gasteiger partial charge in [-0.15, -0.1) is 0 Å². The molecular formula is C61H67O2+. The molecule has 0 saturated heterocycles. The van der Waals surface area contributed by atoms with Gasteiger partial charge in [0.15, 0.2) is 0 Å². The molecule has 2 nitrogen and oxygen atoms in total. The molecule has 0 fully saturated rings. The monoisotopic (exact) mass is 832 g/mol. The van der Waals surface area contributed by atoms with Crippen molar-refractivity contribution < 1.29 is 9.15 Å². The van der Waals surface area contributed by atoms with Crippen LogP contribution in [0, 0.1) is 0 Å². The fraction of sp³-hybridized carbons (Fsp3) is 0.230. The molecule has 1 aromatic heterocycles. The second-order valence-corrected chi connectivity index (χ2v) is 15.7. The molecular weight excluding hydrogens is 765 g/mol. The highest BCUT2D eigenvalue weighted by Crippen LogP contribution is 2.46. The molecule has 2 heterocycles. The second-order valence-electron chi connectivity index (χ2n) is 15.7. The van der Waals surface area contributed by atoms with Gasteiger partial charge in [-0.3, -0.25) is 0 Å². The first kappa shape index (κ1) is 47.5. The second kappa shape index (κ2) is 24.2. The van der Waals surface area contributed by atoms with Crippen molar-refractivity contribution in [2.75, 3.05) is 0 Å². The minimum atomic E-state index is 0.827. The highest BCUT2D eigenvalue weighted by atomic mass is 16.5. The van der Waals surface area contributed by atoms with Crippen LogP contribution < -0.4 is 0 Å². The fourth-order valence-electron chi connectivity index (χ4n) is 8.91. The van der Waals surface area contributed by atoms with Crippen molar-refractivity contribution in [3.05, 3.63) is 263 Å². The van der Waals surface area contributed by atoms with Crippen LogP contribution in [0.5, 0.6) is 0 Å². The average Bonchev–Trinajstić information content (AvgIpc) is 3.29. The smallest absolute Gasteiger partial charge is 0.361 e. The zero-order valence-electron chi connectivity index (χ0n) is 38.6. The predicted molar refractivity (Wildman–Crippen MR) is 275 cm³/mol. The predicted octanol–water partition coefficient (Wildman–Crippen LogP) is 17.7. The molecule has 0 aromatic carbocycles. The highest BCUT2D eigenvalue weighted by molar-refractivity contribution is 5.84. The topological polar surface area (TPSA) is 20.5 Å². The molecule has 1 aliphatic heterocycles. The van der Waals surface area contributed by atoms with Gasteiger partial charge in [-0.1, -0.05) is 154 Å². The van der Waals surface area contributed by atoms with E-state index in [-0.39, 0.29) is 0 Å². The lowest BCUT2D eigenvalue weighted by molar-refractivity contribution is 0.305. The molecule has 5 rings (SSSR count). The molecule has 0 spiro atoms. The summed E-state index contributed by atoms with van der Waals surface area (Å²) < 4.78 is 14.1. The van der Waals surface area contributed by atoms with Gasteiger partial charge in [-0.25, -0.2) is 4.42 Å². The number of ether oxygens (including phenoxy) is 1. The van der Waals surface area contributed by atoms with Crippen LogP contribution in [-0.2, 0) is 11.2 Å². The lowest BCUT2D eigenvalue weighted by atomic mass is 9.78. The van der Waals surface area contributed by atoms with Crippen molar-refractivity contribution in [1.29, 1.82) is 0 Å². The maximum absolute atomic E-state index is 7.03. The minimum Gasteiger partial charge on any atom is -0.456 e. The Labute approximate surface area is 379 Å². The van der Waals surface area contributed by atoms with Gasteiger partial charge >= 0.3 is 11.5 Å². The van der Waals surface area contributed by atoms with Crippen LogP contribution in [0.1, 0.15) is 109 Å². The van der Waals surface area contributed by atoms with E-state index in [1.807, 2.05) is 30.4 Å². The van der Waals surface area contributed by atoms with Crippen molar-refractivity contribution >= 4 is 16.7 Å². The van der Waals surface area contributed by atoms with E-state index in [0.29, 0.717) is 0 Å². The Balaban J connectivity index is 1.82. The maximum Gasteiger partial charge on any atom is 0.361 e. The number of hydrogen-bond acceptors (Lipinski definition) is 1. The lowest BCUT2D eigenvalue weighted by Gasteiger charge is -2.31. The van der Waals surface area contributed by atoms with Gasteiger partial charge in [0.05, 0.1) is 22.8 Å². The van der Waals surface area contributed by atoms with Gasteiger partial charge < -0.3 is 4.74 Å². The summed E-state index contributed by atoms with van der Waals surface area (Å²) in [4.78, 5) is 0. The van der Waals surface area contributed by atoms with E-state index < -0.39 is 0 Å². The van der Waals surface area contributed by atoms with Crippen molar-refractivity contribution in [3.63, 3.8) is 0 Å². The Morgan fingerprint density at radius 1 is 0.571 bits per heavy atom. The Morgan fingerprint density at radius 3 is 1.81 bits per heavy atom. The number of hydrogen-bond donors (Lipinski definition) is 0. The molecule has 0 atom stereocenters. The molecule has 322 valence electrons. The third-order valence-electron chi connectivity index (χ3n) is 11.6. The molecule has 0 unspecified atom stereocenters. The number of allylic oxidation sites excluding steroid dienone is 34. The molecule has 0 radical (unpaired) electrons. The fourth-order valence-corrected chi connectivity index (χ4v) is 8.91. The normalized spacial score (nSPS) is 19.8. The van der Waals surface area contributed by atoms with Crippen molar-refractivity contribution in [2.45, 2.75) is 92.4 Å². The largest absolute Gasteiger partial charge is 0.456 e. The van der Waals surface area contributed by atoms with Gasteiger partial charge in [-0.2, -0.15) is 0 Å². The van der Waals surface area contributed by atoms with Crippen LogP contribution in [0.4, 0.5) is 0 Å². The summed E-state index contributed by atoms with van der Waals surface area (Å²) in [7, 11) is 0. The van der Waals surface area contributed by atoms with Crippen LogP contribution in [0.2, 0.25) is 0 Å². The van der Waals surface area contributed by atoms with Crippen LogP contribution in [0.25, 0.3) is 16.7 Å². The maximum atomic E-state index is 7.03. The van der Waals surface area contributed by atoms with Gasteiger partial charge in [-0.05, 0) is 155 Å². The van der Waals surface area contributed by atoms with Crippen LogP contribution in [-0.4, -0.2) is 0 Å². The molecule has 63 heavy (non-hydrogen) atoms. The zero-order valence-corrected chi connectivity index (χ0v) is 38.6. The average molecular weight is 832 g/mol. The lowest BCUT2D eigenvalue weighted by Crippen LogP contribution is -2.14. The Kier molecular flexibility index (Phi) is 18.3. The summed E-state index contributed by atoms with van der Waals surface area (Å²) in [6, 6.07) is 2.20. The number of fused-ring (bicyclic) bond motifs is 2. The summed E-state index contributed by atoms with van der Waals surface area (Å²) in [6.07, 6.45) is 56.6. The molecule has 0 bridgehead atoms. The summed E-state index contributed by atoms with van der Waals surface area (Å²) in [5, 5.41) is 0. The first-order valence-electron chi connectivity index (χ1n) is 22.6. The van der Waals surface area contributed by atoms with E-state index in [4.69, 9.17) is 9.15 Å². The summed E-state index contributed by atoms with van der Waals surface area (Å²) in [5.41, 5.74) is 16.6.